The molecule has 1 saturated heterocycles. The van der Waals surface area contributed by atoms with Gasteiger partial charge in [-0.1, -0.05) is 30.3 Å². The number of nitrogens with zero attached hydrogens (tertiary/aromatic N) is 2. The highest BCUT2D eigenvalue weighted by Gasteiger charge is 2.45. The summed E-state index contributed by atoms with van der Waals surface area (Å²) in [7, 11) is 1.22. The summed E-state index contributed by atoms with van der Waals surface area (Å²) in [4.78, 5) is 62.0. The second-order valence-electron chi connectivity index (χ2n) is 6.17. The maximum absolute atomic E-state index is 12.5. The predicted molar refractivity (Wildman–Crippen MR) is 101 cm³/mol. The van der Waals surface area contributed by atoms with E-state index in [0.717, 1.165) is 4.90 Å². The van der Waals surface area contributed by atoms with Crippen LogP contribution in [0.5, 0.6) is 0 Å². The average molecular weight is 395 g/mol. The van der Waals surface area contributed by atoms with Crippen LogP contribution in [-0.2, 0) is 20.9 Å². The molecule has 0 aliphatic carbocycles. The van der Waals surface area contributed by atoms with Gasteiger partial charge < -0.3 is 4.74 Å². The summed E-state index contributed by atoms with van der Waals surface area (Å²) in [6, 6.07) is 13.7. The van der Waals surface area contributed by atoms with Gasteiger partial charge in [-0.05, 0) is 29.8 Å². The molecule has 148 valence electrons. The SMILES string of the molecule is COC(=O)Nc1ccc(C(=O)CN2C(=O)C(=O)N(Cc3ccccc3)C2=O)cc1. The second kappa shape index (κ2) is 8.34. The highest BCUT2D eigenvalue weighted by Crippen LogP contribution is 2.17. The molecule has 1 fully saturated rings. The normalized spacial score (nSPS) is 13.6. The van der Waals surface area contributed by atoms with E-state index in [4.69, 9.17) is 0 Å². The fourth-order valence-electron chi connectivity index (χ4n) is 2.74. The minimum atomic E-state index is -1.04. The Bertz CT molecular complexity index is 971. The van der Waals surface area contributed by atoms with Gasteiger partial charge in [-0.25, -0.2) is 14.5 Å². The number of benzene rings is 2. The van der Waals surface area contributed by atoms with E-state index in [1.807, 2.05) is 0 Å². The van der Waals surface area contributed by atoms with E-state index in [1.54, 1.807) is 30.3 Å². The number of methoxy groups -OCH3 is 1. The number of imide groups is 2. The van der Waals surface area contributed by atoms with Gasteiger partial charge in [0.1, 0.15) is 0 Å². The topological polar surface area (TPSA) is 113 Å². The summed E-state index contributed by atoms with van der Waals surface area (Å²) in [6.45, 7) is -0.610. The molecule has 1 N–H and O–H groups in total. The van der Waals surface area contributed by atoms with Gasteiger partial charge in [0, 0.05) is 11.3 Å². The highest BCUT2D eigenvalue weighted by atomic mass is 16.5. The number of Topliss-reactive ketones (excluding diaryl/α,β-unsaturated/α-hetero) is 1. The van der Waals surface area contributed by atoms with Crippen molar-refractivity contribution >= 4 is 35.4 Å². The van der Waals surface area contributed by atoms with Gasteiger partial charge in [0.05, 0.1) is 20.2 Å². The Morgan fingerprint density at radius 3 is 2.14 bits per heavy atom. The maximum atomic E-state index is 12.5. The second-order valence-corrected chi connectivity index (χ2v) is 6.17. The average Bonchev–Trinajstić information content (AvgIpc) is 2.93. The van der Waals surface area contributed by atoms with Gasteiger partial charge in [0.25, 0.3) is 0 Å². The lowest BCUT2D eigenvalue weighted by molar-refractivity contribution is -0.143. The van der Waals surface area contributed by atoms with Gasteiger partial charge in [-0.2, -0.15) is 0 Å². The van der Waals surface area contributed by atoms with Crippen LogP contribution in [0.2, 0.25) is 0 Å². The molecule has 0 radical (unpaired) electrons. The van der Waals surface area contributed by atoms with Crippen LogP contribution < -0.4 is 5.32 Å². The van der Waals surface area contributed by atoms with E-state index >= 15 is 0 Å². The molecule has 1 aliphatic heterocycles. The number of ketones is 1. The number of urea groups is 1. The maximum Gasteiger partial charge on any atom is 0.411 e. The molecule has 9 nitrogen and oxygen atoms in total. The molecule has 2 aromatic rings. The van der Waals surface area contributed by atoms with Crippen LogP contribution in [0.3, 0.4) is 0 Å². The minimum Gasteiger partial charge on any atom is -0.453 e. The smallest absolute Gasteiger partial charge is 0.411 e. The van der Waals surface area contributed by atoms with Crippen molar-refractivity contribution in [3.63, 3.8) is 0 Å². The number of rotatable bonds is 6. The van der Waals surface area contributed by atoms with Gasteiger partial charge in [-0.3, -0.25) is 24.6 Å². The van der Waals surface area contributed by atoms with Crippen molar-refractivity contribution in [1.82, 2.24) is 9.80 Å². The van der Waals surface area contributed by atoms with E-state index in [9.17, 15) is 24.0 Å². The molecule has 1 heterocycles. The summed E-state index contributed by atoms with van der Waals surface area (Å²) >= 11 is 0. The number of hydrogen-bond acceptors (Lipinski definition) is 6. The Morgan fingerprint density at radius 2 is 1.52 bits per heavy atom. The Morgan fingerprint density at radius 1 is 0.897 bits per heavy atom. The van der Waals surface area contributed by atoms with Gasteiger partial charge in [0.15, 0.2) is 5.78 Å². The molecule has 0 saturated carbocycles. The first-order chi connectivity index (χ1) is 13.9. The van der Waals surface area contributed by atoms with Crippen molar-refractivity contribution in [2.45, 2.75) is 6.54 Å². The highest BCUT2D eigenvalue weighted by molar-refractivity contribution is 6.45. The monoisotopic (exact) mass is 395 g/mol. The van der Waals surface area contributed by atoms with E-state index in [0.29, 0.717) is 16.2 Å². The molecular weight excluding hydrogens is 378 g/mol. The summed E-state index contributed by atoms with van der Waals surface area (Å²) in [5, 5.41) is 2.44. The summed E-state index contributed by atoms with van der Waals surface area (Å²) in [5.74, 6) is -2.53. The zero-order chi connectivity index (χ0) is 21.0. The third kappa shape index (κ3) is 4.29. The summed E-state index contributed by atoms with van der Waals surface area (Å²) in [5.41, 5.74) is 1.31. The molecule has 0 spiro atoms. The fraction of sp³-hybridized carbons (Fsp3) is 0.150. The van der Waals surface area contributed by atoms with Crippen molar-refractivity contribution in [3.05, 3.63) is 65.7 Å². The molecule has 9 heteroatoms. The molecule has 5 amide bonds. The zero-order valence-electron chi connectivity index (χ0n) is 15.5. The van der Waals surface area contributed by atoms with Crippen LogP contribution >= 0.6 is 0 Å². The largest absolute Gasteiger partial charge is 0.453 e. The van der Waals surface area contributed by atoms with Crippen molar-refractivity contribution in [3.8, 4) is 0 Å². The fourth-order valence-corrected chi connectivity index (χ4v) is 2.74. The van der Waals surface area contributed by atoms with Crippen molar-refractivity contribution < 1.29 is 28.7 Å². The van der Waals surface area contributed by atoms with Crippen molar-refractivity contribution in [1.29, 1.82) is 0 Å². The first kappa shape index (κ1) is 19.7. The van der Waals surface area contributed by atoms with Crippen LogP contribution in [0.15, 0.2) is 54.6 Å². The number of anilines is 1. The predicted octanol–water partition coefficient (Wildman–Crippen LogP) is 2.04. The first-order valence-corrected chi connectivity index (χ1v) is 8.60. The Hall–Kier alpha value is -4.01. The molecule has 29 heavy (non-hydrogen) atoms. The number of carbonyl (C=O) groups is 5. The lowest BCUT2D eigenvalue weighted by Gasteiger charge is -2.15. The van der Waals surface area contributed by atoms with E-state index in [1.165, 1.54) is 31.4 Å². The first-order valence-electron chi connectivity index (χ1n) is 8.60. The van der Waals surface area contributed by atoms with Gasteiger partial charge in [-0.15, -0.1) is 0 Å². The van der Waals surface area contributed by atoms with Crippen LogP contribution in [0.1, 0.15) is 15.9 Å². The van der Waals surface area contributed by atoms with Gasteiger partial charge >= 0.3 is 23.9 Å². The molecule has 0 bridgehead atoms. The third-order valence-corrected chi connectivity index (χ3v) is 4.26. The van der Waals surface area contributed by atoms with Crippen molar-refractivity contribution in [2.24, 2.45) is 0 Å². The molecule has 0 unspecified atom stereocenters. The van der Waals surface area contributed by atoms with E-state index < -0.39 is 36.3 Å². The molecule has 2 aromatic carbocycles. The molecule has 0 aromatic heterocycles. The van der Waals surface area contributed by atoms with Crippen LogP contribution in [-0.4, -0.2) is 53.2 Å². The molecule has 0 atom stereocenters. The number of nitrogens with one attached hydrogen (secondary N) is 1. The van der Waals surface area contributed by atoms with Gasteiger partial charge in [0.2, 0.25) is 0 Å². The minimum absolute atomic E-state index is 0.0527. The lowest BCUT2D eigenvalue weighted by Crippen LogP contribution is -2.36. The number of ether oxygens (including phenoxy) is 1. The van der Waals surface area contributed by atoms with E-state index in [-0.39, 0.29) is 12.1 Å². The number of amides is 5. The summed E-state index contributed by atoms with van der Waals surface area (Å²) < 4.78 is 4.47. The number of hydrogen-bond donors (Lipinski definition) is 1. The summed E-state index contributed by atoms with van der Waals surface area (Å²) in [6.07, 6.45) is -0.658. The molecular formula is C20H17N3O6. The van der Waals surface area contributed by atoms with Crippen molar-refractivity contribution in [2.75, 3.05) is 19.0 Å². The zero-order valence-corrected chi connectivity index (χ0v) is 15.5. The Balaban J connectivity index is 1.68. The quantitative estimate of drug-likeness (QED) is 0.455. The molecule has 3 rings (SSSR count). The standard InChI is InChI=1S/C20H17N3O6/c1-29-19(27)21-15-9-7-14(8-10-15)16(24)12-23-18(26)17(25)22(20(23)28)11-13-5-3-2-4-6-13/h2-10H,11-12H2,1H3,(H,21,27). The third-order valence-electron chi connectivity index (χ3n) is 4.26. The van der Waals surface area contributed by atoms with Crippen LogP contribution in [0.25, 0.3) is 0 Å². The molecule has 1 aliphatic rings. The van der Waals surface area contributed by atoms with Crippen LogP contribution in [0, 0.1) is 0 Å². The lowest BCUT2D eigenvalue weighted by atomic mass is 10.1. The van der Waals surface area contributed by atoms with Crippen LogP contribution in [0.4, 0.5) is 15.3 Å². The number of carbonyl (C=O) groups excluding carboxylic acids is 5. The van der Waals surface area contributed by atoms with E-state index in [2.05, 4.69) is 10.1 Å². The Kier molecular flexibility index (Phi) is 5.68. The Labute approximate surface area is 165 Å².